The summed E-state index contributed by atoms with van der Waals surface area (Å²) in [6.07, 6.45) is 3.74. The maximum atomic E-state index is 8.23. The maximum Gasteiger partial charge on any atom is 0.0833 e. The molecule has 11 heavy (non-hydrogen) atoms. The van der Waals surface area contributed by atoms with Crippen molar-refractivity contribution in [2.45, 2.75) is 19.8 Å². The molecule has 0 fully saturated rings. The summed E-state index contributed by atoms with van der Waals surface area (Å²) in [5.74, 6) is 0. The highest BCUT2D eigenvalue weighted by Crippen LogP contribution is 2.15. The van der Waals surface area contributed by atoms with Gasteiger partial charge in [-0.15, -0.1) is 11.3 Å². The van der Waals surface area contributed by atoms with Crippen LogP contribution in [-0.4, -0.2) is 11.4 Å². The normalized spacial score (nSPS) is 11.0. The Kier molecular flexibility index (Phi) is 3.11. The summed E-state index contributed by atoms with van der Waals surface area (Å²) in [6, 6.07) is 4.04. The topological polar surface area (TPSA) is 32.6 Å². The molecule has 1 aromatic heterocycles. The Hall–Kier alpha value is -0.830. The SMILES string of the molecule is CCCc1ccc(C=NO)s1. The van der Waals surface area contributed by atoms with E-state index in [4.69, 9.17) is 5.21 Å². The van der Waals surface area contributed by atoms with E-state index in [9.17, 15) is 0 Å². The fourth-order valence-corrected chi connectivity index (χ4v) is 1.88. The standard InChI is InChI=1S/C8H11NOS/c1-2-3-7-4-5-8(11-7)6-9-10/h4-6,10H,2-3H2,1H3. The molecule has 0 bridgehead atoms. The molecular weight excluding hydrogens is 158 g/mol. The van der Waals surface area contributed by atoms with Crippen LogP contribution >= 0.6 is 11.3 Å². The van der Waals surface area contributed by atoms with Gasteiger partial charge in [0.15, 0.2) is 0 Å². The molecule has 0 saturated carbocycles. The largest absolute Gasteiger partial charge is 0.411 e. The first-order valence-electron chi connectivity index (χ1n) is 3.63. The smallest absolute Gasteiger partial charge is 0.0833 e. The molecule has 0 aliphatic rings. The zero-order chi connectivity index (χ0) is 8.10. The Morgan fingerprint density at radius 2 is 2.45 bits per heavy atom. The van der Waals surface area contributed by atoms with E-state index in [1.165, 1.54) is 11.1 Å². The van der Waals surface area contributed by atoms with E-state index >= 15 is 0 Å². The maximum absolute atomic E-state index is 8.23. The zero-order valence-corrected chi connectivity index (χ0v) is 7.27. The Morgan fingerprint density at radius 3 is 3.09 bits per heavy atom. The van der Waals surface area contributed by atoms with Crippen LogP contribution in [0.4, 0.5) is 0 Å². The molecule has 0 unspecified atom stereocenters. The molecule has 1 rings (SSSR count). The van der Waals surface area contributed by atoms with Crippen molar-refractivity contribution < 1.29 is 5.21 Å². The molecule has 1 aromatic rings. The minimum absolute atomic E-state index is 1.01. The van der Waals surface area contributed by atoms with Crippen molar-refractivity contribution in [3.8, 4) is 0 Å². The van der Waals surface area contributed by atoms with E-state index in [2.05, 4.69) is 18.1 Å². The number of rotatable bonds is 3. The van der Waals surface area contributed by atoms with Gasteiger partial charge in [-0.05, 0) is 18.6 Å². The lowest BCUT2D eigenvalue weighted by atomic mass is 10.3. The van der Waals surface area contributed by atoms with E-state index in [1.54, 1.807) is 11.3 Å². The Labute approximate surface area is 70.2 Å². The lowest BCUT2D eigenvalue weighted by Crippen LogP contribution is -1.72. The Balaban J connectivity index is 2.65. The van der Waals surface area contributed by atoms with Gasteiger partial charge >= 0.3 is 0 Å². The molecular formula is C8H11NOS. The molecule has 2 nitrogen and oxygen atoms in total. The van der Waals surface area contributed by atoms with E-state index in [-0.39, 0.29) is 0 Å². The van der Waals surface area contributed by atoms with Crippen LogP contribution in [0, 0.1) is 0 Å². The quantitative estimate of drug-likeness (QED) is 0.421. The molecule has 0 aliphatic heterocycles. The van der Waals surface area contributed by atoms with E-state index < -0.39 is 0 Å². The second kappa shape index (κ2) is 4.13. The Bertz CT molecular complexity index is 242. The van der Waals surface area contributed by atoms with Crippen LogP contribution in [0.15, 0.2) is 17.3 Å². The van der Waals surface area contributed by atoms with Crippen LogP contribution in [-0.2, 0) is 6.42 Å². The first-order chi connectivity index (χ1) is 5.36. The van der Waals surface area contributed by atoms with Gasteiger partial charge in [0, 0.05) is 9.75 Å². The van der Waals surface area contributed by atoms with E-state index in [0.717, 1.165) is 17.7 Å². The van der Waals surface area contributed by atoms with Gasteiger partial charge in [0.25, 0.3) is 0 Å². The number of thiophene rings is 1. The first-order valence-corrected chi connectivity index (χ1v) is 4.44. The molecule has 0 spiro atoms. The van der Waals surface area contributed by atoms with Crippen molar-refractivity contribution in [2.75, 3.05) is 0 Å². The van der Waals surface area contributed by atoms with Crippen molar-refractivity contribution in [2.24, 2.45) is 5.16 Å². The highest BCUT2D eigenvalue weighted by Gasteiger charge is 1.95. The summed E-state index contributed by atoms with van der Waals surface area (Å²) in [5.41, 5.74) is 0. The van der Waals surface area contributed by atoms with Crippen LogP contribution in [0.2, 0.25) is 0 Å². The molecule has 0 saturated heterocycles. The van der Waals surface area contributed by atoms with Gasteiger partial charge < -0.3 is 5.21 Å². The lowest BCUT2D eigenvalue weighted by Gasteiger charge is -1.87. The molecule has 0 aromatic carbocycles. The second-order valence-electron chi connectivity index (χ2n) is 2.30. The summed E-state index contributed by atoms with van der Waals surface area (Å²) in [4.78, 5) is 2.36. The van der Waals surface area contributed by atoms with E-state index in [0.29, 0.717) is 0 Å². The van der Waals surface area contributed by atoms with Crippen molar-refractivity contribution >= 4 is 17.6 Å². The number of nitrogens with zero attached hydrogens (tertiary/aromatic N) is 1. The third-order valence-corrected chi connectivity index (χ3v) is 2.44. The molecule has 3 heteroatoms. The van der Waals surface area contributed by atoms with Crippen LogP contribution in [0.3, 0.4) is 0 Å². The van der Waals surface area contributed by atoms with Gasteiger partial charge in [-0.25, -0.2) is 0 Å². The average molecular weight is 169 g/mol. The van der Waals surface area contributed by atoms with Crippen molar-refractivity contribution in [1.29, 1.82) is 0 Å². The van der Waals surface area contributed by atoms with Crippen molar-refractivity contribution in [1.82, 2.24) is 0 Å². The summed E-state index contributed by atoms with van der Waals surface area (Å²) in [5, 5.41) is 11.2. The zero-order valence-electron chi connectivity index (χ0n) is 6.45. The minimum atomic E-state index is 1.01. The monoisotopic (exact) mass is 169 g/mol. The second-order valence-corrected chi connectivity index (χ2v) is 3.50. The van der Waals surface area contributed by atoms with Crippen LogP contribution in [0.5, 0.6) is 0 Å². The Morgan fingerprint density at radius 1 is 1.64 bits per heavy atom. The predicted octanol–water partition coefficient (Wildman–Crippen LogP) is 2.51. The van der Waals surface area contributed by atoms with Crippen molar-refractivity contribution in [3.05, 3.63) is 21.9 Å². The summed E-state index contributed by atoms with van der Waals surface area (Å²) >= 11 is 1.67. The van der Waals surface area contributed by atoms with Gasteiger partial charge in [-0.3, -0.25) is 0 Å². The average Bonchev–Trinajstić information content (AvgIpc) is 2.38. The molecule has 1 heterocycles. The lowest BCUT2D eigenvalue weighted by molar-refractivity contribution is 0.322. The van der Waals surface area contributed by atoms with E-state index in [1.807, 2.05) is 6.07 Å². The fraction of sp³-hybridized carbons (Fsp3) is 0.375. The third kappa shape index (κ3) is 2.35. The third-order valence-electron chi connectivity index (χ3n) is 1.36. The molecule has 1 N–H and O–H groups in total. The molecule has 0 atom stereocenters. The van der Waals surface area contributed by atoms with Crippen LogP contribution in [0.25, 0.3) is 0 Å². The van der Waals surface area contributed by atoms with Crippen molar-refractivity contribution in [3.63, 3.8) is 0 Å². The minimum Gasteiger partial charge on any atom is -0.411 e. The number of aryl methyl sites for hydroxylation is 1. The van der Waals surface area contributed by atoms with Gasteiger partial charge in [-0.1, -0.05) is 18.5 Å². The predicted molar refractivity (Wildman–Crippen MR) is 47.7 cm³/mol. The van der Waals surface area contributed by atoms with Gasteiger partial charge in [0.1, 0.15) is 0 Å². The van der Waals surface area contributed by atoms with Crippen LogP contribution in [0.1, 0.15) is 23.1 Å². The summed E-state index contributed by atoms with van der Waals surface area (Å²) < 4.78 is 0. The molecule has 0 radical (unpaired) electrons. The number of hydrogen-bond acceptors (Lipinski definition) is 3. The molecule has 60 valence electrons. The van der Waals surface area contributed by atoms with Crippen LogP contribution < -0.4 is 0 Å². The molecule has 0 amide bonds. The summed E-state index contributed by atoms with van der Waals surface area (Å²) in [7, 11) is 0. The first kappa shape index (κ1) is 8.27. The number of hydrogen-bond donors (Lipinski definition) is 1. The van der Waals surface area contributed by atoms with Gasteiger partial charge in [0.05, 0.1) is 6.21 Å². The van der Waals surface area contributed by atoms with Gasteiger partial charge in [0.2, 0.25) is 0 Å². The highest BCUT2D eigenvalue weighted by atomic mass is 32.1. The van der Waals surface area contributed by atoms with Gasteiger partial charge in [-0.2, -0.15) is 0 Å². The number of oxime groups is 1. The fourth-order valence-electron chi connectivity index (χ4n) is 0.902. The molecule has 0 aliphatic carbocycles. The highest BCUT2D eigenvalue weighted by molar-refractivity contribution is 7.13. The summed E-state index contributed by atoms with van der Waals surface area (Å²) in [6.45, 7) is 2.15.